The fourth-order valence-corrected chi connectivity index (χ4v) is 9.48. The molecule has 0 aliphatic rings. The number of hydrogen-bond acceptors (Lipinski definition) is 17. The van der Waals surface area contributed by atoms with Gasteiger partial charge in [0.1, 0.15) is 35.7 Å². The maximum atomic E-state index is 11.6. The van der Waals surface area contributed by atoms with E-state index in [1.165, 1.54) is 91.0 Å². The van der Waals surface area contributed by atoms with Crippen molar-refractivity contribution in [3.8, 4) is 0 Å². The van der Waals surface area contributed by atoms with Gasteiger partial charge in [-0.3, -0.25) is 14.9 Å². The number of nitrogens with zero attached hydrogens (tertiary/aromatic N) is 4. The smallest absolute Gasteiger partial charge is 0.349 e. The molecule has 73 heavy (non-hydrogen) atoms. The van der Waals surface area contributed by atoms with Gasteiger partial charge in [0.15, 0.2) is 0 Å². The highest BCUT2D eigenvalue weighted by Gasteiger charge is 2.21. The molecule has 380 valence electrons. The fourth-order valence-electron chi connectivity index (χ4n) is 6.58. The Bertz CT molecular complexity index is 3030. The van der Waals surface area contributed by atoms with E-state index in [0.717, 1.165) is 37.4 Å². The molecule has 8 rings (SSSR count). The van der Waals surface area contributed by atoms with Crippen molar-refractivity contribution in [3.63, 3.8) is 0 Å². The minimum Gasteiger partial charge on any atom is -0.465 e. The van der Waals surface area contributed by atoms with Crippen LogP contribution < -0.4 is 11.1 Å². The van der Waals surface area contributed by atoms with Crippen molar-refractivity contribution >= 4 is 67.7 Å². The van der Waals surface area contributed by atoms with Gasteiger partial charge in [-0.05, 0) is 62.1 Å². The van der Waals surface area contributed by atoms with Crippen LogP contribution >= 0.6 is 34.0 Å². The number of carbonyl (C=O) groups is 3. The van der Waals surface area contributed by atoms with Crippen LogP contribution in [0.5, 0.6) is 0 Å². The first-order valence-corrected chi connectivity index (χ1v) is 26.3. The SMILES string of the molecule is COC(=O)c1cnc(C(C)=NC(c2ccccc2)c2ccccc2)s1.COC(=O)c1cnc([C@@H](C)N)s1.COC(=O)c1cnc([C@@H](C)NC(c2ccccc2)c2ccccc2)s1.Cc1ccc(S(=O)(=O)O)cc1. The highest BCUT2D eigenvalue weighted by Crippen LogP contribution is 2.30. The first kappa shape index (κ1) is 56.8. The Labute approximate surface area is 437 Å². The number of nitrogens with one attached hydrogen (secondary N) is 1. The topological polar surface area (TPSA) is 222 Å². The third-order valence-electron chi connectivity index (χ3n) is 10.3. The summed E-state index contributed by atoms with van der Waals surface area (Å²) in [6.07, 6.45) is 4.59. The second-order valence-electron chi connectivity index (χ2n) is 15.8. The average Bonchev–Trinajstić information content (AvgIpc) is 4.24. The van der Waals surface area contributed by atoms with Gasteiger partial charge in [0.25, 0.3) is 10.1 Å². The summed E-state index contributed by atoms with van der Waals surface area (Å²) in [4.78, 5) is 53.2. The molecule has 0 fully saturated rings. The Balaban J connectivity index is 0.000000192. The Kier molecular flexibility index (Phi) is 22.0. The number of hydrogen-bond donors (Lipinski definition) is 3. The average molecular weight is 1060 g/mol. The molecule has 4 N–H and O–H groups in total. The van der Waals surface area contributed by atoms with Crippen molar-refractivity contribution in [2.24, 2.45) is 10.7 Å². The number of nitrogens with two attached hydrogens (primary N) is 1. The number of methoxy groups -OCH3 is 3. The van der Waals surface area contributed by atoms with Gasteiger partial charge in [-0.15, -0.1) is 34.0 Å². The highest BCUT2D eigenvalue weighted by molar-refractivity contribution is 7.85. The molecule has 0 aliphatic heterocycles. The van der Waals surface area contributed by atoms with Gasteiger partial charge in [-0.25, -0.2) is 29.3 Å². The largest absolute Gasteiger partial charge is 0.465 e. The van der Waals surface area contributed by atoms with E-state index in [0.29, 0.717) is 14.6 Å². The third kappa shape index (κ3) is 17.3. The molecule has 0 saturated heterocycles. The van der Waals surface area contributed by atoms with Gasteiger partial charge in [-0.1, -0.05) is 139 Å². The molecule has 3 aromatic heterocycles. The summed E-state index contributed by atoms with van der Waals surface area (Å²) >= 11 is 3.91. The summed E-state index contributed by atoms with van der Waals surface area (Å²) in [5.74, 6) is -1.09. The second-order valence-corrected chi connectivity index (χ2v) is 20.4. The van der Waals surface area contributed by atoms with Crippen LogP contribution in [0.25, 0.3) is 0 Å². The molecule has 0 radical (unpaired) electrons. The van der Waals surface area contributed by atoms with Crippen LogP contribution in [-0.4, -0.2) is 72.9 Å². The van der Waals surface area contributed by atoms with Gasteiger partial charge in [0.2, 0.25) is 0 Å². The molecule has 0 unspecified atom stereocenters. The lowest BCUT2D eigenvalue weighted by Crippen LogP contribution is -2.25. The van der Waals surface area contributed by atoms with Gasteiger partial charge >= 0.3 is 17.9 Å². The molecule has 0 saturated carbocycles. The fraction of sp³-hybridized carbons (Fsp3) is 0.204. The van der Waals surface area contributed by atoms with Crippen LogP contribution in [0.1, 0.15) is 117 Å². The molecule has 19 heteroatoms. The molecule has 15 nitrogen and oxygen atoms in total. The second kappa shape index (κ2) is 28.2. The van der Waals surface area contributed by atoms with Crippen LogP contribution in [0, 0.1) is 6.92 Å². The van der Waals surface area contributed by atoms with Crippen molar-refractivity contribution in [1.82, 2.24) is 20.3 Å². The summed E-state index contributed by atoms with van der Waals surface area (Å²) in [6.45, 7) is 7.63. The molecule has 0 bridgehead atoms. The number of carbonyl (C=O) groups excluding carboxylic acids is 3. The van der Waals surface area contributed by atoms with Crippen molar-refractivity contribution in [1.29, 1.82) is 0 Å². The van der Waals surface area contributed by atoms with Gasteiger partial charge in [0, 0.05) is 0 Å². The number of benzene rings is 5. The maximum absolute atomic E-state index is 11.6. The lowest BCUT2D eigenvalue weighted by atomic mass is 9.98. The van der Waals surface area contributed by atoms with Gasteiger partial charge < -0.3 is 19.9 Å². The van der Waals surface area contributed by atoms with Crippen molar-refractivity contribution in [2.75, 3.05) is 21.3 Å². The predicted octanol–water partition coefficient (Wildman–Crippen LogP) is 11.1. The first-order chi connectivity index (χ1) is 35.0. The molecule has 5 aromatic carbocycles. The molecule has 8 aromatic rings. The van der Waals surface area contributed by atoms with E-state index in [2.05, 4.69) is 80.5 Å². The zero-order chi connectivity index (χ0) is 52.9. The van der Waals surface area contributed by atoms with Crippen molar-refractivity contribution < 1.29 is 41.6 Å². The predicted molar refractivity (Wildman–Crippen MR) is 287 cm³/mol. The maximum Gasteiger partial charge on any atom is 0.349 e. The monoisotopic (exact) mass is 1060 g/mol. The lowest BCUT2D eigenvalue weighted by Gasteiger charge is -2.23. The number of aliphatic imine (C=N–C) groups is 1. The van der Waals surface area contributed by atoms with E-state index < -0.39 is 10.1 Å². The summed E-state index contributed by atoms with van der Waals surface area (Å²) in [6, 6.07) is 46.7. The zero-order valence-corrected chi connectivity index (χ0v) is 44.4. The first-order valence-electron chi connectivity index (χ1n) is 22.4. The Morgan fingerprint density at radius 1 is 0.589 bits per heavy atom. The van der Waals surface area contributed by atoms with Gasteiger partial charge in [0.05, 0.1) is 68.7 Å². The van der Waals surface area contributed by atoms with E-state index in [4.69, 9.17) is 24.8 Å². The van der Waals surface area contributed by atoms with Crippen LogP contribution in [0.4, 0.5) is 0 Å². The van der Waals surface area contributed by atoms with Crippen molar-refractivity contribution in [2.45, 2.75) is 56.8 Å². The number of rotatable bonds is 14. The van der Waals surface area contributed by atoms with E-state index in [9.17, 15) is 22.8 Å². The molecule has 0 spiro atoms. The number of thiazole rings is 3. The Morgan fingerprint density at radius 3 is 1.37 bits per heavy atom. The number of aryl methyl sites for hydroxylation is 1. The van der Waals surface area contributed by atoms with E-state index in [1.54, 1.807) is 18.3 Å². The molecule has 3 heterocycles. The highest BCUT2D eigenvalue weighted by atomic mass is 32.2. The quantitative estimate of drug-likeness (QED) is 0.0399. The van der Waals surface area contributed by atoms with Gasteiger partial charge in [-0.2, -0.15) is 8.42 Å². The zero-order valence-electron chi connectivity index (χ0n) is 41.1. The number of ether oxygens (including phenoxy) is 3. The Hall–Kier alpha value is -7.10. The minimum absolute atomic E-state index is 0.00572. The lowest BCUT2D eigenvalue weighted by molar-refractivity contribution is 0.0597. The third-order valence-corrected chi connectivity index (χ3v) is 14.6. The van der Waals surface area contributed by atoms with Crippen molar-refractivity contribution in [3.05, 3.63) is 222 Å². The Morgan fingerprint density at radius 2 is 0.973 bits per heavy atom. The standard InChI is InChI=1S/C20H20N2O2S.C20H18N2O2S.C7H10N2O2S.C7H8O3S/c2*1-14(19-21-13-17(25-19)20(23)24-2)22-18(15-9-5-3-6-10-15)16-11-7-4-8-12-16;1-4(8)6-9-3-5(12-6)7(10)11-2;1-6-2-4-7(5-3-6)11(8,9)10/h3-14,18,22H,1-2H3;3-13,18H,1-2H3;3-4H,8H2,1-2H3;2-5H,1H3,(H,8,9,10)/t14-;;4-;/m1.1./s1. The van der Waals surface area contributed by atoms with E-state index in [-0.39, 0.29) is 47.0 Å². The summed E-state index contributed by atoms with van der Waals surface area (Å²) in [5.41, 5.74) is 11.9. The molecule has 2 atom stereocenters. The summed E-state index contributed by atoms with van der Waals surface area (Å²) < 4.78 is 43.6. The number of aromatic nitrogens is 3. The van der Waals surface area contributed by atoms with Crippen LogP contribution in [0.2, 0.25) is 0 Å². The molecular formula is C54H56N6O9S4. The van der Waals surface area contributed by atoms with Crippen LogP contribution in [0.15, 0.2) is 174 Å². The van der Waals surface area contributed by atoms with Crippen LogP contribution in [-0.2, 0) is 24.3 Å². The minimum atomic E-state index is -4.02. The molecular weight excluding hydrogens is 1000 g/mol. The van der Waals surface area contributed by atoms with Crippen LogP contribution in [0.3, 0.4) is 0 Å². The number of esters is 3. The molecule has 0 amide bonds. The summed E-state index contributed by atoms with van der Waals surface area (Å²) in [7, 11) is 0.0651. The van der Waals surface area contributed by atoms with E-state index in [1.807, 2.05) is 93.6 Å². The normalized spacial score (nSPS) is 11.9. The molecule has 0 aliphatic carbocycles. The summed E-state index contributed by atoms with van der Waals surface area (Å²) in [5, 5.41) is 5.96. The van der Waals surface area contributed by atoms with E-state index >= 15 is 0 Å².